The van der Waals surface area contributed by atoms with Gasteiger partial charge in [-0.05, 0) is 25.1 Å². The molecule has 15 heavy (non-hydrogen) atoms. The minimum absolute atomic E-state index is 0. The summed E-state index contributed by atoms with van der Waals surface area (Å²) in [5.41, 5.74) is 1.62. The van der Waals surface area contributed by atoms with E-state index in [9.17, 15) is 4.79 Å². The first kappa shape index (κ1) is 11.5. The summed E-state index contributed by atoms with van der Waals surface area (Å²) in [5, 5.41) is 9.63. The maximum absolute atomic E-state index is 10.5. The zero-order valence-electron chi connectivity index (χ0n) is 8.17. The molecule has 0 aliphatic rings. The predicted octanol–water partition coefficient (Wildman–Crippen LogP) is 1.85. The lowest BCUT2D eigenvalue weighted by atomic mass is 10.3. The van der Waals surface area contributed by atoms with Gasteiger partial charge < -0.3 is 9.67 Å². The molecule has 0 saturated carbocycles. The number of aliphatic carboxylic acids is 1. The Kier molecular flexibility index (Phi) is 3.31. The smallest absolute Gasteiger partial charge is 0.323 e. The van der Waals surface area contributed by atoms with Crippen LogP contribution in [0, 0.1) is 6.92 Å². The molecule has 0 saturated heterocycles. The van der Waals surface area contributed by atoms with Gasteiger partial charge in [-0.2, -0.15) is 0 Å². The Morgan fingerprint density at radius 2 is 2.20 bits per heavy atom. The number of pyridine rings is 1. The van der Waals surface area contributed by atoms with Crippen LogP contribution in [0.15, 0.2) is 24.4 Å². The summed E-state index contributed by atoms with van der Waals surface area (Å²) in [6.45, 7) is 1.84. The van der Waals surface area contributed by atoms with Crippen LogP contribution in [0.1, 0.15) is 5.69 Å². The van der Waals surface area contributed by atoms with Gasteiger partial charge in [-0.1, -0.05) is 0 Å². The van der Waals surface area contributed by atoms with Gasteiger partial charge in [-0.25, -0.2) is 4.98 Å². The van der Waals surface area contributed by atoms with Crippen LogP contribution in [-0.4, -0.2) is 20.6 Å². The molecule has 5 heteroatoms. The molecule has 2 aromatic heterocycles. The van der Waals surface area contributed by atoms with Crippen molar-refractivity contribution >= 4 is 29.4 Å². The fourth-order valence-corrected chi connectivity index (χ4v) is 1.43. The number of hydrogen-bond acceptors (Lipinski definition) is 2. The molecule has 80 valence electrons. The number of aromatic nitrogens is 2. The van der Waals surface area contributed by atoms with Crippen molar-refractivity contribution in [3.8, 4) is 0 Å². The molecule has 4 nitrogen and oxygen atoms in total. The molecule has 0 aliphatic heterocycles. The van der Waals surface area contributed by atoms with E-state index in [1.807, 2.05) is 25.1 Å². The van der Waals surface area contributed by atoms with Gasteiger partial charge in [0.2, 0.25) is 0 Å². The maximum Gasteiger partial charge on any atom is 0.323 e. The molecular weight excluding hydrogens is 216 g/mol. The Morgan fingerprint density at radius 1 is 1.47 bits per heavy atom. The molecule has 2 heterocycles. The Labute approximate surface area is 93.0 Å². The van der Waals surface area contributed by atoms with Gasteiger partial charge in [0.1, 0.15) is 12.2 Å². The second-order valence-corrected chi connectivity index (χ2v) is 3.20. The number of carboxylic acid groups (broad SMARTS) is 1. The van der Waals surface area contributed by atoms with E-state index in [0.717, 1.165) is 16.7 Å². The predicted molar refractivity (Wildman–Crippen MR) is 59.4 cm³/mol. The van der Waals surface area contributed by atoms with Crippen molar-refractivity contribution in [2.45, 2.75) is 13.5 Å². The van der Waals surface area contributed by atoms with Crippen LogP contribution in [0.25, 0.3) is 11.0 Å². The highest BCUT2D eigenvalue weighted by Crippen LogP contribution is 2.13. The van der Waals surface area contributed by atoms with Gasteiger partial charge in [-0.15, -0.1) is 12.4 Å². The van der Waals surface area contributed by atoms with Crippen molar-refractivity contribution < 1.29 is 9.90 Å². The van der Waals surface area contributed by atoms with Gasteiger partial charge in [0.25, 0.3) is 0 Å². The maximum atomic E-state index is 10.5. The lowest BCUT2D eigenvalue weighted by Crippen LogP contribution is -2.08. The first-order valence-electron chi connectivity index (χ1n) is 4.31. The molecule has 0 aromatic carbocycles. The topological polar surface area (TPSA) is 55.1 Å². The minimum Gasteiger partial charge on any atom is -0.480 e. The molecule has 0 amide bonds. The molecule has 0 fully saturated rings. The molecule has 2 rings (SSSR count). The van der Waals surface area contributed by atoms with E-state index in [2.05, 4.69) is 4.98 Å². The van der Waals surface area contributed by atoms with Crippen LogP contribution in [0.5, 0.6) is 0 Å². The molecule has 0 spiro atoms. The number of rotatable bonds is 2. The lowest BCUT2D eigenvalue weighted by molar-refractivity contribution is -0.137. The van der Waals surface area contributed by atoms with Gasteiger partial charge >= 0.3 is 5.97 Å². The summed E-state index contributed by atoms with van der Waals surface area (Å²) in [6.07, 6.45) is 1.74. The highest BCUT2D eigenvalue weighted by molar-refractivity contribution is 5.85. The van der Waals surface area contributed by atoms with Crippen LogP contribution in [0.3, 0.4) is 0 Å². The fraction of sp³-hybridized carbons (Fsp3) is 0.200. The van der Waals surface area contributed by atoms with E-state index >= 15 is 0 Å². The van der Waals surface area contributed by atoms with Crippen LogP contribution in [-0.2, 0) is 11.3 Å². The molecule has 0 unspecified atom stereocenters. The van der Waals surface area contributed by atoms with Crippen molar-refractivity contribution in [3.05, 3.63) is 30.1 Å². The third kappa shape index (κ3) is 2.27. The van der Waals surface area contributed by atoms with E-state index in [4.69, 9.17) is 5.11 Å². The second kappa shape index (κ2) is 4.31. The molecule has 0 aliphatic carbocycles. The lowest BCUT2D eigenvalue weighted by Gasteiger charge is -2.00. The fourth-order valence-electron chi connectivity index (χ4n) is 1.43. The van der Waals surface area contributed by atoms with Crippen molar-refractivity contribution in [2.75, 3.05) is 0 Å². The summed E-state index contributed by atoms with van der Waals surface area (Å²) in [4.78, 5) is 14.8. The molecular formula is C10H11ClN2O2. The van der Waals surface area contributed by atoms with E-state index in [1.54, 1.807) is 10.8 Å². The van der Waals surface area contributed by atoms with Crippen molar-refractivity contribution in [1.29, 1.82) is 0 Å². The first-order valence-corrected chi connectivity index (χ1v) is 4.31. The second-order valence-electron chi connectivity index (χ2n) is 3.20. The van der Waals surface area contributed by atoms with Crippen molar-refractivity contribution in [1.82, 2.24) is 9.55 Å². The third-order valence-corrected chi connectivity index (χ3v) is 2.06. The molecule has 2 aromatic rings. The molecule has 0 bridgehead atoms. The Hall–Kier alpha value is -1.55. The largest absolute Gasteiger partial charge is 0.480 e. The van der Waals surface area contributed by atoms with Crippen LogP contribution in [0.4, 0.5) is 0 Å². The van der Waals surface area contributed by atoms with Gasteiger partial charge in [0.05, 0.1) is 0 Å². The number of halogens is 1. The Morgan fingerprint density at radius 3 is 2.87 bits per heavy atom. The quantitative estimate of drug-likeness (QED) is 0.850. The number of fused-ring (bicyclic) bond motifs is 1. The zero-order valence-corrected chi connectivity index (χ0v) is 8.99. The Bertz CT molecular complexity index is 493. The van der Waals surface area contributed by atoms with Gasteiger partial charge in [-0.3, -0.25) is 4.79 Å². The van der Waals surface area contributed by atoms with Gasteiger partial charge in [0, 0.05) is 17.3 Å². The average Bonchev–Trinajstić information content (AvgIpc) is 2.47. The number of aryl methyl sites for hydroxylation is 1. The standard InChI is InChI=1S/C10H10N2O2.ClH/c1-7-2-3-8-4-5-12(6-9(13)14)10(8)11-7;/h2-5H,6H2,1H3,(H,13,14);1H. The minimum atomic E-state index is -0.856. The Balaban J connectivity index is 0.00000112. The summed E-state index contributed by atoms with van der Waals surface area (Å²) in [6, 6.07) is 5.72. The summed E-state index contributed by atoms with van der Waals surface area (Å²) in [5.74, 6) is -0.856. The van der Waals surface area contributed by atoms with E-state index in [-0.39, 0.29) is 19.0 Å². The summed E-state index contributed by atoms with van der Waals surface area (Å²) in [7, 11) is 0. The van der Waals surface area contributed by atoms with Crippen molar-refractivity contribution in [3.63, 3.8) is 0 Å². The van der Waals surface area contributed by atoms with Crippen LogP contribution >= 0.6 is 12.4 Å². The monoisotopic (exact) mass is 226 g/mol. The van der Waals surface area contributed by atoms with Crippen molar-refractivity contribution in [2.24, 2.45) is 0 Å². The summed E-state index contributed by atoms with van der Waals surface area (Å²) < 4.78 is 1.63. The van der Waals surface area contributed by atoms with Crippen LogP contribution < -0.4 is 0 Å². The third-order valence-electron chi connectivity index (χ3n) is 2.06. The van der Waals surface area contributed by atoms with E-state index < -0.39 is 5.97 Å². The molecule has 0 radical (unpaired) electrons. The molecule has 0 atom stereocenters. The number of hydrogen-bond donors (Lipinski definition) is 1. The SMILES string of the molecule is Cc1ccc2ccn(CC(=O)O)c2n1.Cl. The van der Waals surface area contributed by atoms with E-state index in [0.29, 0.717) is 0 Å². The first-order chi connectivity index (χ1) is 6.66. The zero-order chi connectivity index (χ0) is 10.1. The summed E-state index contributed by atoms with van der Waals surface area (Å²) >= 11 is 0. The molecule has 1 N–H and O–H groups in total. The number of carbonyl (C=O) groups is 1. The van der Waals surface area contributed by atoms with Gasteiger partial charge in [0.15, 0.2) is 0 Å². The van der Waals surface area contributed by atoms with Crippen LogP contribution in [0.2, 0.25) is 0 Å². The highest BCUT2D eigenvalue weighted by atomic mass is 35.5. The highest BCUT2D eigenvalue weighted by Gasteiger charge is 2.05. The number of nitrogens with zero attached hydrogens (tertiary/aromatic N) is 2. The normalized spacial score (nSPS) is 9.93. The average molecular weight is 227 g/mol. The number of carboxylic acids is 1. The van der Waals surface area contributed by atoms with E-state index in [1.165, 1.54) is 0 Å².